The van der Waals surface area contributed by atoms with Crippen LogP contribution < -0.4 is 4.57 Å². The standard InChI is InChI=1S/C22H23N2O/c1-14(2)9-16-5-6-20(24(4)13-16)17-11-22-18(10-15(17)3)19-12-23-8-7-21(19)25-22/h5-8,10-14H,9H2,1-4H3/q+1/i9D2. The summed E-state index contributed by atoms with van der Waals surface area (Å²) in [5, 5.41) is 2.08. The van der Waals surface area contributed by atoms with Crippen molar-refractivity contribution in [2.75, 3.05) is 0 Å². The Balaban J connectivity index is 1.87. The monoisotopic (exact) mass is 333 g/mol. The molecule has 126 valence electrons. The van der Waals surface area contributed by atoms with Crippen molar-refractivity contribution >= 4 is 21.9 Å². The van der Waals surface area contributed by atoms with Gasteiger partial charge in [-0.15, -0.1) is 0 Å². The Morgan fingerprint density at radius 3 is 2.76 bits per heavy atom. The van der Waals surface area contributed by atoms with Crippen LogP contribution in [-0.2, 0) is 13.4 Å². The molecule has 3 heterocycles. The average molecular weight is 333 g/mol. The van der Waals surface area contributed by atoms with Crippen molar-refractivity contribution in [2.45, 2.75) is 27.1 Å². The zero-order valence-electron chi connectivity index (χ0n) is 17.0. The van der Waals surface area contributed by atoms with Crippen LogP contribution in [0.25, 0.3) is 33.2 Å². The molecule has 0 atom stereocenters. The highest BCUT2D eigenvalue weighted by Gasteiger charge is 2.17. The van der Waals surface area contributed by atoms with Crippen LogP contribution in [0.4, 0.5) is 0 Å². The number of furan rings is 1. The second-order valence-electron chi connectivity index (χ2n) is 6.85. The molecule has 0 unspecified atom stereocenters. The second-order valence-corrected chi connectivity index (χ2v) is 6.85. The Hall–Kier alpha value is -2.68. The summed E-state index contributed by atoms with van der Waals surface area (Å²) < 4.78 is 24.7. The van der Waals surface area contributed by atoms with E-state index >= 15 is 0 Å². The number of nitrogens with zero attached hydrogens (tertiary/aromatic N) is 2. The molecule has 0 saturated heterocycles. The maximum atomic E-state index is 8.34. The van der Waals surface area contributed by atoms with Gasteiger partial charge < -0.3 is 4.42 Å². The fourth-order valence-corrected chi connectivity index (χ4v) is 3.36. The van der Waals surface area contributed by atoms with Crippen LogP contribution in [0.2, 0.25) is 0 Å². The van der Waals surface area contributed by atoms with Gasteiger partial charge in [-0.2, -0.15) is 0 Å². The Kier molecular flexibility index (Phi) is 3.26. The number of fused-ring (bicyclic) bond motifs is 3. The largest absolute Gasteiger partial charge is 0.456 e. The molecule has 0 aliphatic heterocycles. The van der Waals surface area contributed by atoms with Crippen molar-refractivity contribution in [3.8, 4) is 11.3 Å². The van der Waals surface area contributed by atoms with Gasteiger partial charge >= 0.3 is 0 Å². The van der Waals surface area contributed by atoms with Crippen LogP contribution in [0.3, 0.4) is 0 Å². The van der Waals surface area contributed by atoms with Gasteiger partial charge in [0.1, 0.15) is 18.2 Å². The molecule has 0 bridgehead atoms. The highest BCUT2D eigenvalue weighted by atomic mass is 16.3. The normalized spacial score (nSPS) is 13.5. The quantitative estimate of drug-likeness (QED) is 0.495. The highest BCUT2D eigenvalue weighted by molar-refractivity contribution is 6.05. The maximum Gasteiger partial charge on any atom is 0.212 e. The molecular weight excluding hydrogens is 308 g/mol. The second kappa shape index (κ2) is 5.99. The third-order valence-electron chi connectivity index (χ3n) is 4.48. The molecule has 3 aromatic heterocycles. The van der Waals surface area contributed by atoms with Crippen LogP contribution in [0.5, 0.6) is 0 Å². The van der Waals surface area contributed by atoms with Crippen LogP contribution in [0.1, 0.15) is 27.7 Å². The zero-order valence-corrected chi connectivity index (χ0v) is 15.0. The first kappa shape index (κ1) is 13.6. The molecular formula is C22H23N2O+. The van der Waals surface area contributed by atoms with E-state index in [0.717, 1.165) is 38.8 Å². The van der Waals surface area contributed by atoms with E-state index in [2.05, 4.69) is 24.0 Å². The van der Waals surface area contributed by atoms with Gasteiger partial charge in [-0.05, 0) is 49.0 Å². The minimum atomic E-state index is -1.36. The summed E-state index contributed by atoms with van der Waals surface area (Å²) in [5.41, 5.74) is 5.60. The summed E-state index contributed by atoms with van der Waals surface area (Å²) in [6, 6.07) is 9.97. The third-order valence-corrected chi connectivity index (χ3v) is 4.48. The summed E-state index contributed by atoms with van der Waals surface area (Å²) >= 11 is 0. The molecule has 1 aromatic carbocycles. The van der Waals surface area contributed by atoms with Crippen LogP contribution >= 0.6 is 0 Å². The first-order valence-corrected chi connectivity index (χ1v) is 8.56. The van der Waals surface area contributed by atoms with E-state index in [9.17, 15) is 0 Å². The minimum Gasteiger partial charge on any atom is -0.456 e. The molecule has 4 aromatic rings. The molecule has 0 saturated carbocycles. The molecule has 0 radical (unpaired) electrons. The van der Waals surface area contributed by atoms with Gasteiger partial charge in [0.25, 0.3) is 0 Å². The van der Waals surface area contributed by atoms with Gasteiger partial charge in [0.15, 0.2) is 6.20 Å². The molecule has 3 nitrogen and oxygen atoms in total. The van der Waals surface area contributed by atoms with Crippen molar-refractivity contribution in [1.29, 1.82) is 0 Å². The highest BCUT2D eigenvalue weighted by Crippen LogP contribution is 2.33. The number of hydrogen-bond acceptors (Lipinski definition) is 2. The van der Waals surface area contributed by atoms with Gasteiger partial charge in [-0.1, -0.05) is 13.8 Å². The van der Waals surface area contributed by atoms with Gasteiger partial charge in [0, 0.05) is 37.5 Å². The van der Waals surface area contributed by atoms with Crippen molar-refractivity contribution < 1.29 is 11.7 Å². The van der Waals surface area contributed by atoms with E-state index in [1.165, 1.54) is 0 Å². The van der Waals surface area contributed by atoms with E-state index in [1.54, 1.807) is 6.20 Å². The number of benzene rings is 1. The van der Waals surface area contributed by atoms with E-state index in [1.807, 2.05) is 56.1 Å². The Labute approximate surface area is 150 Å². The Morgan fingerprint density at radius 2 is 2.00 bits per heavy atom. The predicted octanol–water partition coefficient (Wildman–Crippen LogP) is 4.98. The molecule has 0 N–H and O–H groups in total. The number of aryl methyl sites for hydroxylation is 2. The minimum absolute atomic E-state index is 0.0920. The summed E-state index contributed by atoms with van der Waals surface area (Å²) in [6.45, 7) is 5.90. The molecule has 0 aliphatic rings. The summed E-state index contributed by atoms with van der Waals surface area (Å²) in [6.07, 6.45) is 4.10. The molecule has 0 fully saturated rings. The molecule has 25 heavy (non-hydrogen) atoms. The molecule has 4 rings (SSSR count). The van der Waals surface area contributed by atoms with Crippen molar-refractivity contribution in [3.05, 3.63) is 60.0 Å². The van der Waals surface area contributed by atoms with E-state index in [-0.39, 0.29) is 5.92 Å². The van der Waals surface area contributed by atoms with Gasteiger partial charge in [0.05, 0.1) is 5.56 Å². The third kappa shape index (κ3) is 2.80. The van der Waals surface area contributed by atoms with E-state index < -0.39 is 6.37 Å². The van der Waals surface area contributed by atoms with Gasteiger partial charge in [0.2, 0.25) is 5.69 Å². The fraction of sp³-hybridized carbons (Fsp3) is 0.273. The van der Waals surface area contributed by atoms with E-state index in [0.29, 0.717) is 5.56 Å². The number of hydrogen-bond donors (Lipinski definition) is 0. The summed E-state index contributed by atoms with van der Waals surface area (Å²) in [4.78, 5) is 4.21. The van der Waals surface area contributed by atoms with Crippen LogP contribution in [0, 0.1) is 12.8 Å². The van der Waals surface area contributed by atoms with Gasteiger partial charge in [-0.3, -0.25) is 4.98 Å². The lowest BCUT2D eigenvalue weighted by Gasteiger charge is -2.08. The summed E-state index contributed by atoms with van der Waals surface area (Å²) in [7, 11) is 1.96. The number of pyridine rings is 2. The molecule has 0 amide bonds. The first-order valence-electron chi connectivity index (χ1n) is 9.56. The first-order chi connectivity index (χ1) is 12.8. The number of aromatic nitrogens is 2. The maximum absolute atomic E-state index is 8.34. The lowest BCUT2D eigenvalue weighted by molar-refractivity contribution is -0.660. The Morgan fingerprint density at radius 1 is 1.16 bits per heavy atom. The topological polar surface area (TPSA) is 29.9 Å². The zero-order chi connectivity index (χ0) is 19.3. The van der Waals surface area contributed by atoms with Gasteiger partial charge in [-0.25, -0.2) is 4.57 Å². The lowest BCUT2D eigenvalue weighted by Crippen LogP contribution is -2.31. The number of rotatable bonds is 3. The fourth-order valence-electron chi connectivity index (χ4n) is 3.36. The van der Waals surface area contributed by atoms with Crippen LogP contribution in [0.15, 0.2) is 53.3 Å². The summed E-state index contributed by atoms with van der Waals surface area (Å²) in [5.74, 6) is -0.0920. The van der Waals surface area contributed by atoms with Crippen molar-refractivity contribution in [1.82, 2.24) is 4.98 Å². The molecule has 0 aliphatic carbocycles. The van der Waals surface area contributed by atoms with Crippen molar-refractivity contribution in [2.24, 2.45) is 13.0 Å². The molecule has 0 spiro atoms. The van der Waals surface area contributed by atoms with E-state index in [4.69, 9.17) is 7.16 Å². The average Bonchev–Trinajstić information content (AvgIpc) is 2.98. The lowest BCUT2D eigenvalue weighted by atomic mass is 9.99. The Bertz CT molecular complexity index is 1160. The molecule has 3 heteroatoms. The smallest absolute Gasteiger partial charge is 0.212 e. The van der Waals surface area contributed by atoms with Crippen molar-refractivity contribution in [3.63, 3.8) is 0 Å². The predicted molar refractivity (Wildman–Crippen MR) is 101 cm³/mol. The SMILES string of the molecule is [2H]C([2H])(c1ccc(-c2cc3oc4ccncc4c3cc2C)[n+](C)c1)C(C)C. The van der Waals surface area contributed by atoms with Crippen LogP contribution in [-0.4, -0.2) is 4.98 Å².